The first-order valence-electron chi connectivity index (χ1n) is 8.25. The van der Waals surface area contributed by atoms with Gasteiger partial charge in [-0.2, -0.15) is 0 Å². The van der Waals surface area contributed by atoms with Gasteiger partial charge in [-0.3, -0.25) is 0 Å². The van der Waals surface area contributed by atoms with Crippen LogP contribution in [0.3, 0.4) is 0 Å². The van der Waals surface area contributed by atoms with Crippen LogP contribution in [0.25, 0.3) is 32.9 Å². The van der Waals surface area contributed by atoms with Crippen molar-refractivity contribution in [2.45, 2.75) is 26.3 Å². The number of benzene rings is 3. The SMILES string of the molecule is CC(C)(C)n1c2ccccc2c2ccc(-c3ccc(Cl)cc3)cc21. The first kappa shape index (κ1) is 15.3. The molecule has 0 aliphatic heterocycles. The number of aromatic nitrogens is 1. The highest BCUT2D eigenvalue weighted by atomic mass is 35.5. The van der Waals surface area contributed by atoms with E-state index in [0.29, 0.717) is 0 Å². The third-order valence-corrected chi connectivity index (χ3v) is 4.77. The molecule has 4 rings (SSSR count). The van der Waals surface area contributed by atoms with Gasteiger partial charge in [0.15, 0.2) is 0 Å². The zero-order chi connectivity index (χ0) is 16.9. The molecule has 0 saturated heterocycles. The summed E-state index contributed by atoms with van der Waals surface area (Å²) in [5.74, 6) is 0. The summed E-state index contributed by atoms with van der Waals surface area (Å²) in [5, 5.41) is 3.38. The molecule has 0 aliphatic rings. The van der Waals surface area contributed by atoms with Gasteiger partial charge in [-0.05, 0) is 56.2 Å². The molecule has 0 saturated carbocycles. The minimum absolute atomic E-state index is 0.0139. The maximum Gasteiger partial charge on any atom is 0.0502 e. The van der Waals surface area contributed by atoms with Crippen LogP contribution >= 0.6 is 11.6 Å². The van der Waals surface area contributed by atoms with Gasteiger partial charge in [0, 0.05) is 26.9 Å². The van der Waals surface area contributed by atoms with Gasteiger partial charge < -0.3 is 4.57 Å². The van der Waals surface area contributed by atoms with Crippen LogP contribution in [0.4, 0.5) is 0 Å². The molecule has 0 spiro atoms. The Kier molecular flexibility index (Phi) is 3.43. The fourth-order valence-electron chi connectivity index (χ4n) is 3.52. The Hall–Kier alpha value is -2.25. The summed E-state index contributed by atoms with van der Waals surface area (Å²) in [6, 6.07) is 23.4. The van der Waals surface area contributed by atoms with E-state index < -0.39 is 0 Å². The molecule has 0 atom stereocenters. The standard InChI is InChI=1S/C22H20ClN/c1-22(2,3)24-20-7-5-4-6-18(20)19-13-10-16(14-21(19)24)15-8-11-17(23)12-9-15/h4-14H,1-3H3. The van der Waals surface area contributed by atoms with Crippen LogP contribution in [-0.2, 0) is 5.54 Å². The molecule has 0 N–H and O–H groups in total. The van der Waals surface area contributed by atoms with Crippen molar-refractivity contribution in [2.24, 2.45) is 0 Å². The van der Waals surface area contributed by atoms with Gasteiger partial charge >= 0.3 is 0 Å². The monoisotopic (exact) mass is 333 g/mol. The van der Waals surface area contributed by atoms with Crippen molar-refractivity contribution in [3.63, 3.8) is 0 Å². The minimum Gasteiger partial charge on any atom is -0.335 e. The Morgan fingerprint density at radius 3 is 2.04 bits per heavy atom. The topological polar surface area (TPSA) is 4.93 Å². The molecule has 0 radical (unpaired) electrons. The molecule has 2 heteroatoms. The van der Waals surface area contributed by atoms with Gasteiger partial charge in [-0.15, -0.1) is 0 Å². The Balaban J connectivity index is 2.05. The fourth-order valence-corrected chi connectivity index (χ4v) is 3.64. The molecule has 1 aromatic heterocycles. The maximum atomic E-state index is 6.03. The number of para-hydroxylation sites is 1. The summed E-state index contributed by atoms with van der Waals surface area (Å²) in [4.78, 5) is 0. The van der Waals surface area contributed by atoms with Gasteiger partial charge in [0.25, 0.3) is 0 Å². The van der Waals surface area contributed by atoms with E-state index in [9.17, 15) is 0 Å². The molecule has 0 unspecified atom stereocenters. The van der Waals surface area contributed by atoms with Crippen LogP contribution in [0.15, 0.2) is 66.7 Å². The van der Waals surface area contributed by atoms with E-state index in [1.165, 1.54) is 32.9 Å². The molecule has 1 nitrogen and oxygen atoms in total. The van der Waals surface area contributed by atoms with Gasteiger partial charge in [-0.25, -0.2) is 0 Å². The normalized spacial score (nSPS) is 12.2. The van der Waals surface area contributed by atoms with Gasteiger partial charge in [-0.1, -0.05) is 54.1 Å². The van der Waals surface area contributed by atoms with Crippen molar-refractivity contribution in [2.75, 3.05) is 0 Å². The van der Waals surface area contributed by atoms with Gasteiger partial charge in [0.1, 0.15) is 0 Å². The van der Waals surface area contributed by atoms with Crippen molar-refractivity contribution < 1.29 is 0 Å². The lowest BCUT2D eigenvalue weighted by Gasteiger charge is -2.24. The molecular weight excluding hydrogens is 314 g/mol. The number of fused-ring (bicyclic) bond motifs is 3. The third-order valence-electron chi connectivity index (χ3n) is 4.52. The summed E-state index contributed by atoms with van der Waals surface area (Å²) in [7, 11) is 0. The third kappa shape index (κ3) is 2.40. The first-order chi connectivity index (χ1) is 11.4. The number of rotatable bonds is 1. The van der Waals surface area contributed by atoms with Crippen molar-refractivity contribution in [3.8, 4) is 11.1 Å². The second-order valence-electron chi connectivity index (χ2n) is 7.26. The zero-order valence-electron chi connectivity index (χ0n) is 14.2. The second kappa shape index (κ2) is 5.39. The van der Waals surface area contributed by atoms with Crippen molar-refractivity contribution in [1.82, 2.24) is 4.57 Å². The Morgan fingerprint density at radius 1 is 0.708 bits per heavy atom. The number of nitrogens with zero attached hydrogens (tertiary/aromatic N) is 1. The largest absolute Gasteiger partial charge is 0.335 e. The molecule has 0 aliphatic carbocycles. The predicted octanol–water partition coefficient (Wildman–Crippen LogP) is 6.87. The lowest BCUT2D eigenvalue weighted by atomic mass is 10.0. The first-order valence-corrected chi connectivity index (χ1v) is 8.62. The smallest absolute Gasteiger partial charge is 0.0502 e. The number of halogens is 1. The van der Waals surface area contributed by atoms with Crippen LogP contribution in [-0.4, -0.2) is 4.57 Å². The van der Waals surface area contributed by atoms with E-state index in [-0.39, 0.29) is 5.54 Å². The molecule has 24 heavy (non-hydrogen) atoms. The number of hydrogen-bond acceptors (Lipinski definition) is 0. The van der Waals surface area contributed by atoms with Crippen LogP contribution in [0.1, 0.15) is 20.8 Å². The van der Waals surface area contributed by atoms with Crippen LogP contribution < -0.4 is 0 Å². The highest BCUT2D eigenvalue weighted by Gasteiger charge is 2.20. The highest BCUT2D eigenvalue weighted by molar-refractivity contribution is 6.30. The second-order valence-corrected chi connectivity index (χ2v) is 7.70. The van der Waals surface area contributed by atoms with E-state index in [1.54, 1.807) is 0 Å². The number of hydrogen-bond donors (Lipinski definition) is 0. The molecule has 3 aromatic carbocycles. The molecule has 4 aromatic rings. The van der Waals surface area contributed by atoms with Crippen LogP contribution in [0.5, 0.6) is 0 Å². The molecule has 1 heterocycles. The van der Waals surface area contributed by atoms with Crippen molar-refractivity contribution in [3.05, 3.63) is 71.8 Å². The summed E-state index contributed by atoms with van der Waals surface area (Å²) in [6.45, 7) is 6.77. The average molecular weight is 334 g/mol. The van der Waals surface area contributed by atoms with E-state index >= 15 is 0 Å². The van der Waals surface area contributed by atoms with Gasteiger partial charge in [0.05, 0.1) is 5.52 Å². The van der Waals surface area contributed by atoms with Crippen molar-refractivity contribution >= 4 is 33.4 Å². The minimum atomic E-state index is 0.0139. The summed E-state index contributed by atoms with van der Waals surface area (Å²) in [5.41, 5.74) is 4.98. The maximum absolute atomic E-state index is 6.03. The molecule has 0 amide bonds. The van der Waals surface area contributed by atoms with E-state index in [1.807, 2.05) is 12.1 Å². The summed E-state index contributed by atoms with van der Waals surface area (Å²) < 4.78 is 2.44. The molecular formula is C22H20ClN. The molecule has 120 valence electrons. The van der Waals surface area contributed by atoms with Crippen LogP contribution in [0, 0.1) is 0 Å². The molecule has 0 fully saturated rings. The summed E-state index contributed by atoms with van der Waals surface area (Å²) in [6.07, 6.45) is 0. The van der Waals surface area contributed by atoms with E-state index in [0.717, 1.165) is 5.02 Å². The van der Waals surface area contributed by atoms with Crippen molar-refractivity contribution in [1.29, 1.82) is 0 Å². The van der Waals surface area contributed by atoms with Gasteiger partial charge in [0.2, 0.25) is 0 Å². The average Bonchev–Trinajstić information content (AvgIpc) is 2.89. The zero-order valence-corrected chi connectivity index (χ0v) is 14.9. The Morgan fingerprint density at radius 2 is 1.33 bits per heavy atom. The summed E-state index contributed by atoms with van der Waals surface area (Å²) >= 11 is 6.03. The van der Waals surface area contributed by atoms with E-state index in [2.05, 4.69) is 79.9 Å². The lowest BCUT2D eigenvalue weighted by Crippen LogP contribution is -2.21. The Labute approximate surface area is 147 Å². The predicted molar refractivity (Wildman–Crippen MR) is 105 cm³/mol. The highest BCUT2D eigenvalue weighted by Crippen LogP contribution is 2.36. The lowest BCUT2D eigenvalue weighted by molar-refractivity contribution is 0.423. The fraction of sp³-hybridized carbons (Fsp3) is 0.182. The quantitative estimate of drug-likeness (QED) is 0.358. The Bertz CT molecular complexity index is 1030. The molecule has 0 bridgehead atoms. The van der Waals surface area contributed by atoms with E-state index in [4.69, 9.17) is 11.6 Å². The van der Waals surface area contributed by atoms with Crippen LogP contribution in [0.2, 0.25) is 5.02 Å².